The van der Waals surface area contributed by atoms with Crippen molar-refractivity contribution in [2.45, 2.75) is 20.5 Å². The van der Waals surface area contributed by atoms with Crippen LogP contribution in [0.5, 0.6) is 23.0 Å². The molecule has 0 spiro atoms. The first kappa shape index (κ1) is 21.3. The number of phenols is 1. The number of phenolic OH excluding ortho intramolecular Hbond substituents is 1. The van der Waals surface area contributed by atoms with E-state index in [4.69, 9.17) is 18.6 Å². The SMILES string of the molecule is CCOc1ccc(-c2cc(=O)c3c(O)c(OCC)c(OCc4ccccc4)cc3o2)cc1. The lowest BCUT2D eigenvalue weighted by Gasteiger charge is -2.15. The number of hydrogen-bond donors (Lipinski definition) is 1. The summed E-state index contributed by atoms with van der Waals surface area (Å²) in [5.74, 6) is 1.24. The largest absolute Gasteiger partial charge is 0.504 e. The summed E-state index contributed by atoms with van der Waals surface area (Å²) in [6.45, 7) is 4.85. The van der Waals surface area contributed by atoms with Gasteiger partial charge in [0.05, 0.1) is 13.2 Å². The molecule has 0 fully saturated rings. The third-order valence-corrected chi connectivity index (χ3v) is 4.89. The van der Waals surface area contributed by atoms with Crippen molar-refractivity contribution in [3.63, 3.8) is 0 Å². The molecule has 0 bridgehead atoms. The molecule has 32 heavy (non-hydrogen) atoms. The van der Waals surface area contributed by atoms with Crippen LogP contribution in [0.2, 0.25) is 0 Å². The average molecular weight is 432 g/mol. The molecule has 0 aliphatic heterocycles. The van der Waals surface area contributed by atoms with Gasteiger partial charge in [0, 0.05) is 17.7 Å². The molecule has 0 amide bonds. The van der Waals surface area contributed by atoms with Crippen molar-refractivity contribution in [2.75, 3.05) is 13.2 Å². The second kappa shape index (κ2) is 9.47. The molecule has 3 aromatic carbocycles. The van der Waals surface area contributed by atoms with Crippen molar-refractivity contribution in [1.29, 1.82) is 0 Å². The van der Waals surface area contributed by atoms with E-state index in [9.17, 15) is 9.90 Å². The van der Waals surface area contributed by atoms with Gasteiger partial charge in [-0.15, -0.1) is 0 Å². The van der Waals surface area contributed by atoms with Gasteiger partial charge in [0.1, 0.15) is 29.1 Å². The Bertz CT molecular complexity index is 1260. The summed E-state index contributed by atoms with van der Waals surface area (Å²) in [7, 11) is 0. The van der Waals surface area contributed by atoms with Crippen LogP contribution >= 0.6 is 0 Å². The summed E-state index contributed by atoms with van der Waals surface area (Å²) >= 11 is 0. The highest BCUT2D eigenvalue weighted by atomic mass is 16.5. The Morgan fingerprint density at radius 3 is 2.28 bits per heavy atom. The Morgan fingerprint density at radius 2 is 1.59 bits per heavy atom. The molecule has 1 heterocycles. The van der Waals surface area contributed by atoms with Crippen LogP contribution in [-0.4, -0.2) is 18.3 Å². The zero-order valence-electron chi connectivity index (χ0n) is 18.0. The lowest BCUT2D eigenvalue weighted by atomic mass is 10.1. The molecule has 0 unspecified atom stereocenters. The number of hydrogen-bond acceptors (Lipinski definition) is 6. The molecule has 0 atom stereocenters. The number of ether oxygens (including phenoxy) is 3. The normalized spacial score (nSPS) is 10.8. The minimum absolute atomic E-state index is 0.0511. The van der Waals surface area contributed by atoms with Gasteiger partial charge in [-0.05, 0) is 43.7 Å². The molecule has 0 aliphatic carbocycles. The quantitative estimate of drug-likeness (QED) is 0.394. The van der Waals surface area contributed by atoms with E-state index in [-0.39, 0.29) is 34.5 Å². The van der Waals surface area contributed by atoms with Crippen molar-refractivity contribution in [2.24, 2.45) is 0 Å². The van der Waals surface area contributed by atoms with Crippen LogP contribution < -0.4 is 19.6 Å². The summed E-state index contributed by atoms with van der Waals surface area (Å²) in [6, 6.07) is 19.8. The molecular formula is C26H24O6. The van der Waals surface area contributed by atoms with E-state index in [0.29, 0.717) is 30.3 Å². The molecule has 1 N–H and O–H groups in total. The number of aromatic hydroxyl groups is 1. The van der Waals surface area contributed by atoms with Gasteiger partial charge in [-0.3, -0.25) is 4.79 Å². The standard InChI is InChI=1S/C26H24O6/c1-3-29-19-12-10-18(11-13-19)21-14-20(27)24-22(32-21)15-23(26(25(24)28)30-4-2)31-16-17-8-6-5-7-9-17/h5-15,28H,3-4,16H2,1-2H3. The zero-order chi connectivity index (χ0) is 22.5. The second-order valence-corrected chi connectivity index (χ2v) is 7.07. The van der Waals surface area contributed by atoms with Crippen molar-refractivity contribution >= 4 is 11.0 Å². The van der Waals surface area contributed by atoms with Crippen LogP contribution in [0.4, 0.5) is 0 Å². The molecular weight excluding hydrogens is 408 g/mol. The highest BCUT2D eigenvalue weighted by Crippen LogP contribution is 2.43. The fourth-order valence-electron chi connectivity index (χ4n) is 3.41. The maximum atomic E-state index is 12.9. The maximum absolute atomic E-state index is 12.9. The van der Waals surface area contributed by atoms with Crippen molar-refractivity contribution in [3.8, 4) is 34.3 Å². The smallest absolute Gasteiger partial charge is 0.204 e. The Morgan fingerprint density at radius 1 is 0.875 bits per heavy atom. The van der Waals surface area contributed by atoms with Crippen molar-refractivity contribution < 1.29 is 23.7 Å². The summed E-state index contributed by atoms with van der Waals surface area (Å²) in [4.78, 5) is 12.9. The highest BCUT2D eigenvalue weighted by molar-refractivity contribution is 5.89. The third kappa shape index (κ3) is 4.39. The van der Waals surface area contributed by atoms with Crippen LogP contribution in [0.25, 0.3) is 22.3 Å². The fraction of sp³-hybridized carbons (Fsp3) is 0.192. The zero-order valence-corrected chi connectivity index (χ0v) is 18.0. The summed E-state index contributed by atoms with van der Waals surface area (Å²) < 4.78 is 23.0. The van der Waals surface area contributed by atoms with E-state index in [1.807, 2.05) is 61.5 Å². The third-order valence-electron chi connectivity index (χ3n) is 4.89. The lowest BCUT2D eigenvalue weighted by molar-refractivity contribution is 0.261. The first-order valence-corrected chi connectivity index (χ1v) is 10.5. The van der Waals surface area contributed by atoms with Crippen LogP contribution in [0.1, 0.15) is 19.4 Å². The number of benzene rings is 3. The van der Waals surface area contributed by atoms with Crippen LogP contribution in [0.15, 0.2) is 75.9 Å². The first-order chi connectivity index (χ1) is 15.6. The molecule has 164 valence electrons. The molecule has 0 aliphatic rings. The van der Waals surface area contributed by atoms with Crippen molar-refractivity contribution in [3.05, 3.63) is 82.5 Å². The van der Waals surface area contributed by atoms with E-state index >= 15 is 0 Å². The predicted octanol–water partition coefficient (Wildman–Crippen LogP) is 5.54. The topological polar surface area (TPSA) is 78.1 Å². The summed E-state index contributed by atoms with van der Waals surface area (Å²) in [5, 5.41) is 10.9. The second-order valence-electron chi connectivity index (χ2n) is 7.07. The summed E-state index contributed by atoms with van der Waals surface area (Å²) in [5.41, 5.74) is 1.51. The minimum atomic E-state index is -0.372. The van der Waals surface area contributed by atoms with Crippen LogP contribution in [0.3, 0.4) is 0 Å². The molecule has 4 rings (SSSR count). The minimum Gasteiger partial charge on any atom is -0.504 e. The van der Waals surface area contributed by atoms with Gasteiger partial charge < -0.3 is 23.7 Å². The average Bonchev–Trinajstić information content (AvgIpc) is 2.81. The first-order valence-electron chi connectivity index (χ1n) is 10.5. The number of rotatable bonds is 8. The van der Waals surface area contributed by atoms with Gasteiger partial charge in [0.25, 0.3) is 0 Å². The van der Waals surface area contributed by atoms with Crippen LogP contribution in [-0.2, 0) is 6.61 Å². The summed E-state index contributed by atoms with van der Waals surface area (Å²) in [6.07, 6.45) is 0. The Labute approximate surface area is 185 Å². The Hall–Kier alpha value is -3.93. The van der Waals surface area contributed by atoms with Gasteiger partial charge >= 0.3 is 0 Å². The van der Waals surface area contributed by atoms with E-state index in [1.165, 1.54) is 6.07 Å². The van der Waals surface area contributed by atoms with E-state index in [2.05, 4.69) is 0 Å². The molecule has 6 heteroatoms. The Kier molecular flexibility index (Phi) is 6.31. The fourth-order valence-corrected chi connectivity index (χ4v) is 3.41. The molecule has 4 aromatic rings. The van der Waals surface area contributed by atoms with E-state index in [1.54, 1.807) is 13.0 Å². The molecule has 0 saturated heterocycles. The van der Waals surface area contributed by atoms with Gasteiger partial charge in [0.2, 0.25) is 5.75 Å². The van der Waals surface area contributed by atoms with Crippen molar-refractivity contribution in [1.82, 2.24) is 0 Å². The highest BCUT2D eigenvalue weighted by Gasteiger charge is 2.20. The van der Waals surface area contributed by atoms with Gasteiger partial charge in [-0.2, -0.15) is 0 Å². The van der Waals surface area contributed by atoms with Gasteiger partial charge in [0.15, 0.2) is 16.9 Å². The lowest BCUT2D eigenvalue weighted by Crippen LogP contribution is -2.05. The van der Waals surface area contributed by atoms with Gasteiger partial charge in [-0.25, -0.2) is 0 Å². The maximum Gasteiger partial charge on any atom is 0.204 e. The molecule has 6 nitrogen and oxygen atoms in total. The van der Waals surface area contributed by atoms with Crippen LogP contribution in [0, 0.1) is 0 Å². The van der Waals surface area contributed by atoms with E-state index in [0.717, 1.165) is 11.3 Å². The Balaban J connectivity index is 1.77. The van der Waals surface area contributed by atoms with Gasteiger partial charge in [-0.1, -0.05) is 30.3 Å². The molecule has 0 radical (unpaired) electrons. The molecule has 0 saturated carbocycles. The van der Waals surface area contributed by atoms with E-state index < -0.39 is 0 Å². The molecule has 1 aromatic heterocycles. The predicted molar refractivity (Wildman–Crippen MR) is 123 cm³/mol. The number of fused-ring (bicyclic) bond motifs is 1. The monoisotopic (exact) mass is 432 g/mol.